The van der Waals surface area contributed by atoms with Gasteiger partial charge in [-0.2, -0.15) is 9.61 Å². The monoisotopic (exact) mass is 353 g/mol. The lowest BCUT2D eigenvalue weighted by molar-refractivity contribution is 0.297. The van der Waals surface area contributed by atoms with E-state index < -0.39 is 0 Å². The Kier molecular flexibility index (Phi) is 4.36. The number of fused-ring (bicyclic) bond motifs is 2. The van der Waals surface area contributed by atoms with Crippen molar-refractivity contribution in [2.24, 2.45) is 0 Å². The molecular formula is C19H23N5O2. The molecule has 0 amide bonds. The Bertz CT molecular complexity index is 921. The first-order chi connectivity index (χ1) is 12.6. The largest absolute Gasteiger partial charge is 0.490 e. The number of ether oxygens (including phenoxy) is 2. The number of nitrogens with zero attached hydrogens (tertiary/aromatic N) is 4. The van der Waals surface area contributed by atoms with Crippen LogP contribution in [0.1, 0.15) is 50.4 Å². The van der Waals surface area contributed by atoms with Crippen LogP contribution in [0.3, 0.4) is 0 Å². The minimum absolute atomic E-state index is 0.0649. The van der Waals surface area contributed by atoms with Gasteiger partial charge in [0.25, 0.3) is 0 Å². The SMILES string of the molecule is CC(C)c1cc(NC(C)c2ccc3c(c2)OCCCO3)c2nncn2n1. The van der Waals surface area contributed by atoms with Crippen LogP contribution in [0.25, 0.3) is 5.65 Å². The molecule has 0 aliphatic carbocycles. The number of rotatable bonds is 4. The van der Waals surface area contributed by atoms with Crippen molar-refractivity contribution in [3.8, 4) is 11.5 Å². The number of hydrogen-bond donors (Lipinski definition) is 1. The van der Waals surface area contributed by atoms with Gasteiger partial charge in [0.2, 0.25) is 5.65 Å². The van der Waals surface area contributed by atoms with Crippen molar-refractivity contribution in [2.45, 2.75) is 39.2 Å². The molecule has 1 aliphatic heterocycles. The molecule has 0 saturated carbocycles. The topological polar surface area (TPSA) is 73.6 Å². The van der Waals surface area contributed by atoms with Crippen LogP contribution < -0.4 is 14.8 Å². The summed E-state index contributed by atoms with van der Waals surface area (Å²) in [4.78, 5) is 0. The van der Waals surface area contributed by atoms with Crippen LogP contribution in [-0.2, 0) is 0 Å². The molecule has 1 unspecified atom stereocenters. The van der Waals surface area contributed by atoms with E-state index in [4.69, 9.17) is 9.47 Å². The van der Waals surface area contributed by atoms with Crippen molar-refractivity contribution in [1.82, 2.24) is 19.8 Å². The first kappa shape index (κ1) is 16.6. The van der Waals surface area contributed by atoms with Gasteiger partial charge in [-0.05, 0) is 36.6 Å². The van der Waals surface area contributed by atoms with Crippen LogP contribution in [0.2, 0.25) is 0 Å². The fraction of sp³-hybridized carbons (Fsp3) is 0.421. The predicted octanol–water partition coefficient (Wildman–Crippen LogP) is 3.58. The summed E-state index contributed by atoms with van der Waals surface area (Å²) in [6.45, 7) is 7.73. The summed E-state index contributed by atoms with van der Waals surface area (Å²) in [6.07, 6.45) is 2.53. The van der Waals surface area contributed by atoms with Crippen molar-refractivity contribution in [1.29, 1.82) is 0 Å². The van der Waals surface area contributed by atoms with Crippen LogP contribution in [0.15, 0.2) is 30.6 Å². The van der Waals surface area contributed by atoms with Crippen LogP contribution in [0.5, 0.6) is 11.5 Å². The summed E-state index contributed by atoms with van der Waals surface area (Å²) >= 11 is 0. The van der Waals surface area contributed by atoms with Crippen LogP contribution in [-0.4, -0.2) is 33.0 Å². The van der Waals surface area contributed by atoms with Crippen LogP contribution >= 0.6 is 0 Å². The molecule has 7 nitrogen and oxygen atoms in total. The van der Waals surface area contributed by atoms with Crippen molar-refractivity contribution >= 4 is 11.3 Å². The highest BCUT2D eigenvalue weighted by Crippen LogP contribution is 2.33. The molecule has 0 radical (unpaired) electrons. The summed E-state index contributed by atoms with van der Waals surface area (Å²) in [5, 5.41) is 16.3. The van der Waals surface area contributed by atoms with E-state index in [0.29, 0.717) is 19.1 Å². The second-order valence-corrected chi connectivity index (χ2v) is 6.86. The van der Waals surface area contributed by atoms with Gasteiger partial charge in [-0.25, -0.2) is 0 Å². The summed E-state index contributed by atoms with van der Waals surface area (Å²) < 4.78 is 13.2. The molecule has 4 rings (SSSR count). The van der Waals surface area contributed by atoms with E-state index in [1.165, 1.54) is 0 Å². The van der Waals surface area contributed by atoms with Gasteiger partial charge in [-0.1, -0.05) is 19.9 Å². The van der Waals surface area contributed by atoms with E-state index in [-0.39, 0.29) is 6.04 Å². The molecule has 3 aromatic rings. The third kappa shape index (κ3) is 3.16. The fourth-order valence-electron chi connectivity index (χ4n) is 3.00. The number of hydrogen-bond acceptors (Lipinski definition) is 6. The minimum Gasteiger partial charge on any atom is -0.490 e. The average molecular weight is 353 g/mol. The lowest BCUT2D eigenvalue weighted by Crippen LogP contribution is -2.10. The van der Waals surface area contributed by atoms with Gasteiger partial charge in [0.05, 0.1) is 24.6 Å². The van der Waals surface area contributed by atoms with Gasteiger partial charge in [0.1, 0.15) is 6.33 Å². The Morgan fingerprint density at radius 2 is 1.88 bits per heavy atom. The average Bonchev–Trinajstić information content (AvgIpc) is 2.98. The maximum atomic E-state index is 5.81. The number of benzene rings is 1. The molecule has 1 aliphatic rings. The summed E-state index contributed by atoms with van der Waals surface area (Å²) in [7, 11) is 0. The Morgan fingerprint density at radius 1 is 1.08 bits per heavy atom. The van der Waals surface area contributed by atoms with E-state index in [9.17, 15) is 0 Å². The molecule has 0 fully saturated rings. The zero-order valence-electron chi connectivity index (χ0n) is 15.3. The third-order valence-corrected chi connectivity index (χ3v) is 4.52. The van der Waals surface area contributed by atoms with Crippen LogP contribution in [0.4, 0.5) is 5.69 Å². The van der Waals surface area contributed by atoms with E-state index >= 15 is 0 Å². The Labute approximate surface area is 152 Å². The Morgan fingerprint density at radius 3 is 2.69 bits per heavy atom. The normalized spacial score (nSPS) is 15.1. The first-order valence-corrected chi connectivity index (χ1v) is 8.99. The molecule has 1 atom stereocenters. The quantitative estimate of drug-likeness (QED) is 0.773. The summed E-state index contributed by atoms with van der Waals surface area (Å²) in [5.74, 6) is 1.93. The van der Waals surface area contributed by atoms with Gasteiger partial charge in [0.15, 0.2) is 11.5 Å². The number of anilines is 1. The highest BCUT2D eigenvalue weighted by atomic mass is 16.5. The molecule has 136 valence electrons. The zero-order chi connectivity index (χ0) is 18.1. The zero-order valence-corrected chi connectivity index (χ0v) is 15.3. The molecule has 0 saturated heterocycles. The molecule has 2 aromatic heterocycles. The van der Waals surface area contributed by atoms with Gasteiger partial charge < -0.3 is 14.8 Å². The third-order valence-electron chi connectivity index (χ3n) is 4.52. The maximum absolute atomic E-state index is 5.81. The van der Waals surface area contributed by atoms with Crippen molar-refractivity contribution in [2.75, 3.05) is 18.5 Å². The smallest absolute Gasteiger partial charge is 0.200 e. The van der Waals surface area contributed by atoms with E-state index in [1.54, 1.807) is 10.8 Å². The Hall–Kier alpha value is -2.83. The number of nitrogens with one attached hydrogen (secondary N) is 1. The van der Waals surface area contributed by atoms with Crippen molar-refractivity contribution < 1.29 is 9.47 Å². The molecule has 1 N–H and O–H groups in total. The summed E-state index contributed by atoms with van der Waals surface area (Å²) in [6, 6.07) is 8.21. The fourth-order valence-corrected chi connectivity index (χ4v) is 3.00. The second kappa shape index (κ2) is 6.82. The van der Waals surface area contributed by atoms with E-state index in [0.717, 1.165) is 40.5 Å². The Balaban J connectivity index is 1.64. The molecular weight excluding hydrogens is 330 g/mol. The second-order valence-electron chi connectivity index (χ2n) is 6.86. The standard InChI is InChI=1S/C19H23N5O2/c1-12(2)15-10-16(19-22-20-11-24(19)23-15)21-13(3)14-5-6-17-18(9-14)26-8-4-7-25-17/h5-6,9-13,21H,4,7-8H2,1-3H3. The molecule has 0 bridgehead atoms. The minimum atomic E-state index is 0.0649. The first-order valence-electron chi connectivity index (χ1n) is 8.99. The van der Waals surface area contributed by atoms with E-state index in [1.807, 2.05) is 18.2 Å². The molecule has 26 heavy (non-hydrogen) atoms. The van der Waals surface area contributed by atoms with Crippen molar-refractivity contribution in [3.05, 3.63) is 41.9 Å². The highest BCUT2D eigenvalue weighted by Gasteiger charge is 2.16. The molecule has 1 aromatic carbocycles. The van der Waals surface area contributed by atoms with Gasteiger partial charge in [-0.15, -0.1) is 10.2 Å². The van der Waals surface area contributed by atoms with Gasteiger partial charge >= 0.3 is 0 Å². The highest BCUT2D eigenvalue weighted by molar-refractivity contribution is 5.67. The lowest BCUT2D eigenvalue weighted by Gasteiger charge is -2.18. The van der Waals surface area contributed by atoms with Gasteiger partial charge in [0, 0.05) is 12.5 Å². The number of aromatic nitrogens is 4. The lowest BCUT2D eigenvalue weighted by atomic mass is 10.1. The summed E-state index contributed by atoms with van der Waals surface area (Å²) in [5.41, 5.74) is 3.75. The van der Waals surface area contributed by atoms with E-state index in [2.05, 4.69) is 47.5 Å². The van der Waals surface area contributed by atoms with Crippen molar-refractivity contribution in [3.63, 3.8) is 0 Å². The maximum Gasteiger partial charge on any atom is 0.200 e. The van der Waals surface area contributed by atoms with Gasteiger partial charge in [-0.3, -0.25) is 0 Å². The molecule has 0 spiro atoms. The predicted molar refractivity (Wildman–Crippen MR) is 99.0 cm³/mol. The van der Waals surface area contributed by atoms with Crippen LogP contribution in [0, 0.1) is 0 Å². The molecule has 7 heteroatoms. The molecule has 3 heterocycles.